The van der Waals surface area contributed by atoms with Crippen molar-refractivity contribution in [3.8, 4) is 11.5 Å². The third-order valence-corrected chi connectivity index (χ3v) is 6.50. The van der Waals surface area contributed by atoms with Crippen LogP contribution in [-0.2, 0) is 25.5 Å². The Bertz CT molecular complexity index is 959. The molecule has 3 rings (SSSR count). The summed E-state index contributed by atoms with van der Waals surface area (Å²) in [6.07, 6.45) is 0.552. The molecule has 0 saturated heterocycles. The van der Waals surface area contributed by atoms with E-state index < -0.39 is 28.3 Å². The summed E-state index contributed by atoms with van der Waals surface area (Å²) in [5, 5.41) is 21.0. The van der Waals surface area contributed by atoms with Gasteiger partial charge in [-0.3, -0.25) is 4.18 Å². The van der Waals surface area contributed by atoms with Crippen LogP contribution in [-0.4, -0.2) is 51.0 Å². The second-order valence-corrected chi connectivity index (χ2v) is 9.02. The van der Waals surface area contributed by atoms with Crippen molar-refractivity contribution < 1.29 is 37.0 Å². The maximum atomic E-state index is 12.6. The number of benzene rings is 2. The molecule has 0 aliphatic heterocycles. The van der Waals surface area contributed by atoms with Gasteiger partial charge >= 0.3 is 0 Å². The summed E-state index contributed by atoms with van der Waals surface area (Å²) in [6.45, 7) is 0. The quantitative estimate of drug-likeness (QED) is 0.441. The van der Waals surface area contributed by atoms with Crippen molar-refractivity contribution in [3.63, 3.8) is 0 Å². The van der Waals surface area contributed by atoms with E-state index in [0.29, 0.717) is 29.9 Å². The molecule has 0 radical (unpaired) electrons. The number of ether oxygens (including phenoxy) is 3. The predicted octanol–water partition coefficient (Wildman–Crippen LogP) is 2.62. The Morgan fingerprint density at radius 2 is 1.58 bits per heavy atom. The maximum Gasteiger partial charge on any atom is 0.297 e. The van der Waals surface area contributed by atoms with E-state index in [1.807, 2.05) is 0 Å². The van der Waals surface area contributed by atoms with E-state index in [9.17, 15) is 18.6 Å². The van der Waals surface area contributed by atoms with E-state index in [0.717, 1.165) is 12.8 Å². The highest BCUT2D eigenvalue weighted by Crippen LogP contribution is 2.32. The Balaban J connectivity index is 1.71. The van der Waals surface area contributed by atoms with Gasteiger partial charge in [0.2, 0.25) is 0 Å². The third-order valence-electron chi connectivity index (χ3n) is 5.15. The van der Waals surface area contributed by atoms with Gasteiger partial charge in [-0.05, 0) is 42.7 Å². The van der Waals surface area contributed by atoms with Gasteiger partial charge in [0.15, 0.2) is 11.5 Å². The highest BCUT2D eigenvalue weighted by molar-refractivity contribution is 7.86. The van der Waals surface area contributed by atoms with Crippen molar-refractivity contribution in [1.82, 2.24) is 0 Å². The lowest BCUT2D eigenvalue weighted by atomic mass is 9.94. The second-order valence-electron chi connectivity index (χ2n) is 7.45. The molecule has 0 bridgehead atoms. The number of rotatable bonds is 9. The molecular formula is C22H28O8S. The third kappa shape index (κ3) is 6.18. The van der Waals surface area contributed by atoms with Crippen LogP contribution in [0, 0.1) is 0 Å². The predicted molar refractivity (Wildman–Crippen MR) is 112 cm³/mol. The monoisotopic (exact) mass is 452 g/mol. The molecule has 1 fully saturated rings. The van der Waals surface area contributed by atoms with Crippen LogP contribution in [0.1, 0.15) is 31.2 Å². The molecule has 170 valence electrons. The van der Waals surface area contributed by atoms with Gasteiger partial charge in [0.1, 0.15) is 6.10 Å². The Kier molecular flexibility index (Phi) is 7.55. The van der Waals surface area contributed by atoms with Crippen molar-refractivity contribution >= 4 is 10.1 Å². The molecule has 1 aliphatic rings. The van der Waals surface area contributed by atoms with Gasteiger partial charge in [-0.2, -0.15) is 8.42 Å². The Labute approximate surface area is 182 Å². The van der Waals surface area contributed by atoms with E-state index in [4.69, 9.17) is 18.4 Å². The topological polar surface area (TPSA) is 112 Å². The zero-order valence-corrected chi connectivity index (χ0v) is 18.4. The molecule has 9 heteroatoms. The minimum absolute atomic E-state index is 0.0453. The second kappa shape index (κ2) is 9.97. The molecule has 2 N–H and O–H groups in total. The molecule has 0 spiro atoms. The van der Waals surface area contributed by atoms with Crippen LogP contribution < -0.4 is 9.47 Å². The Morgan fingerprint density at radius 3 is 2.23 bits per heavy atom. The summed E-state index contributed by atoms with van der Waals surface area (Å²) in [6, 6.07) is 12.8. The summed E-state index contributed by atoms with van der Waals surface area (Å²) in [5.74, 6) is -1.55. The SMILES string of the molecule is COc1ccc(CC(O)(O)OC2CCCCC2OS(=O)(=O)c2ccccc2)cc1OC. The van der Waals surface area contributed by atoms with Crippen LogP contribution in [0.4, 0.5) is 0 Å². The fourth-order valence-electron chi connectivity index (χ4n) is 3.65. The summed E-state index contributed by atoms with van der Waals surface area (Å²) >= 11 is 0. The molecule has 1 aliphatic carbocycles. The van der Waals surface area contributed by atoms with Crippen molar-refractivity contribution in [2.45, 2.75) is 55.2 Å². The van der Waals surface area contributed by atoms with Crippen LogP contribution in [0.3, 0.4) is 0 Å². The molecular weight excluding hydrogens is 424 g/mol. The fourth-order valence-corrected chi connectivity index (χ4v) is 4.80. The van der Waals surface area contributed by atoms with Gasteiger partial charge in [-0.1, -0.05) is 37.1 Å². The average Bonchev–Trinajstić information content (AvgIpc) is 2.75. The summed E-state index contributed by atoms with van der Waals surface area (Å²) < 4.78 is 46.6. The molecule has 0 heterocycles. The first kappa shape index (κ1) is 23.5. The molecule has 1 saturated carbocycles. The molecule has 2 aromatic carbocycles. The van der Waals surface area contributed by atoms with Gasteiger partial charge in [-0.25, -0.2) is 0 Å². The minimum Gasteiger partial charge on any atom is -0.493 e. The van der Waals surface area contributed by atoms with E-state index in [1.165, 1.54) is 26.4 Å². The van der Waals surface area contributed by atoms with Crippen molar-refractivity contribution in [2.75, 3.05) is 14.2 Å². The van der Waals surface area contributed by atoms with Crippen LogP contribution in [0.25, 0.3) is 0 Å². The van der Waals surface area contributed by atoms with E-state index in [2.05, 4.69) is 0 Å². The summed E-state index contributed by atoms with van der Waals surface area (Å²) in [5.41, 5.74) is 0.549. The van der Waals surface area contributed by atoms with Crippen molar-refractivity contribution in [1.29, 1.82) is 0 Å². The lowest BCUT2D eigenvalue weighted by Gasteiger charge is -2.35. The highest BCUT2D eigenvalue weighted by atomic mass is 32.2. The van der Waals surface area contributed by atoms with Crippen molar-refractivity contribution in [3.05, 3.63) is 54.1 Å². The van der Waals surface area contributed by atoms with Crippen LogP contribution in [0.2, 0.25) is 0 Å². The molecule has 2 unspecified atom stereocenters. The zero-order valence-electron chi connectivity index (χ0n) is 17.6. The first-order valence-corrected chi connectivity index (χ1v) is 11.5. The maximum absolute atomic E-state index is 12.6. The fraction of sp³-hybridized carbons (Fsp3) is 0.455. The molecule has 8 nitrogen and oxygen atoms in total. The smallest absolute Gasteiger partial charge is 0.297 e. The number of methoxy groups -OCH3 is 2. The minimum atomic E-state index is -4.00. The lowest BCUT2D eigenvalue weighted by molar-refractivity contribution is -0.361. The van der Waals surface area contributed by atoms with Crippen molar-refractivity contribution in [2.24, 2.45) is 0 Å². The normalized spacial score (nSPS) is 19.7. The van der Waals surface area contributed by atoms with Gasteiger partial charge in [-0.15, -0.1) is 0 Å². The van der Waals surface area contributed by atoms with E-state index in [-0.39, 0.29) is 11.3 Å². The van der Waals surface area contributed by atoms with Crippen LogP contribution in [0.5, 0.6) is 11.5 Å². The van der Waals surface area contributed by atoms with Gasteiger partial charge in [0.05, 0.1) is 31.6 Å². The Morgan fingerprint density at radius 1 is 0.935 bits per heavy atom. The largest absolute Gasteiger partial charge is 0.493 e. The van der Waals surface area contributed by atoms with E-state index >= 15 is 0 Å². The number of aliphatic hydroxyl groups is 2. The lowest BCUT2D eigenvalue weighted by Crippen LogP contribution is -2.45. The standard InChI is InChI=1S/C22H28O8S/c1-27-18-13-12-16(14-21(18)28-2)15-22(23,24)29-19-10-6-7-11-20(19)30-31(25,26)17-8-4-3-5-9-17/h3-5,8-9,12-14,19-20,23-24H,6-7,10-11,15H2,1-2H3. The average molecular weight is 453 g/mol. The zero-order chi connectivity index (χ0) is 22.5. The summed E-state index contributed by atoms with van der Waals surface area (Å²) in [7, 11) is -1.00. The summed E-state index contributed by atoms with van der Waals surface area (Å²) in [4.78, 5) is 0.0453. The van der Waals surface area contributed by atoms with Gasteiger partial charge < -0.3 is 24.4 Å². The highest BCUT2D eigenvalue weighted by Gasteiger charge is 2.38. The van der Waals surface area contributed by atoms with Gasteiger partial charge in [0.25, 0.3) is 16.1 Å². The first-order valence-electron chi connectivity index (χ1n) is 10.1. The van der Waals surface area contributed by atoms with E-state index in [1.54, 1.807) is 36.4 Å². The molecule has 2 aromatic rings. The Hall–Kier alpha value is -2.17. The van der Waals surface area contributed by atoms with Crippen LogP contribution in [0.15, 0.2) is 53.4 Å². The first-order chi connectivity index (χ1) is 14.7. The molecule has 0 amide bonds. The number of hydrogen-bond acceptors (Lipinski definition) is 8. The molecule has 2 atom stereocenters. The van der Waals surface area contributed by atoms with Crippen LogP contribution >= 0.6 is 0 Å². The molecule has 31 heavy (non-hydrogen) atoms. The molecule has 0 aromatic heterocycles. The van der Waals surface area contributed by atoms with Gasteiger partial charge in [0, 0.05) is 0 Å². The number of hydrogen-bond donors (Lipinski definition) is 2.